The Morgan fingerprint density at radius 1 is 1.27 bits per heavy atom. The molecule has 0 radical (unpaired) electrons. The molecule has 82 valence electrons. The van der Waals surface area contributed by atoms with Gasteiger partial charge in [-0.2, -0.15) is 0 Å². The molecule has 0 spiro atoms. The van der Waals surface area contributed by atoms with E-state index in [4.69, 9.17) is 0 Å². The van der Waals surface area contributed by atoms with Crippen molar-refractivity contribution in [3.05, 3.63) is 18.0 Å². The Balaban J connectivity index is 2.09. The monoisotopic (exact) mass is 205 g/mol. The lowest BCUT2D eigenvalue weighted by molar-refractivity contribution is 0.722. The summed E-state index contributed by atoms with van der Waals surface area (Å²) in [5.74, 6) is 1.47. The van der Waals surface area contributed by atoms with E-state index < -0.39 is 0 Å². The van der Waals surface area contributed by atoms with Gasteiger partial charge in [0.05, 0.1) is 0 Å². The van der Waals surface area contributed by atoms with Crippen LogP contribution < -0.4 is 4.90 Å². The Kier molecular flexibility index (Phi) is 3.19. The van der Waals surface area contributed by atoms with Crippen LogP contribution in [-0.4, -0.2) is 23.1 Å². The van der Waals surface area contributed by atoms with E-state index in [1.54, 1.807) is 0 Å². The molecule has 0 aromatic carbocycles. The summed E-state index contributed by atoms with van der Waals surface area (Å²) in [5, 5.41) is 0. The largest absolute Gasteiger partial charge is 0.341 e. The molecule has 0 N–H and O–H groups in total. The molecule has 0 aliphatic carbocycles. The van der Waals surface area contributed by atoms with Crippen LogP contribution in [0.25, 0.3) is 0 Å². The smallest absolute Gasteiger partial charge is 0.225 e. The maximum Gasteiger partial charge on any atom is 0.225 e. The number of aromatic nitrogens is 2. The third-order valence-corrected chi connectivity index (χ3v) is 3.23. The minimum atomic E-state index is 0.567. The minimum Gasteiger partial charge on any atom is -0.341 e. The first-order valence-electron chi connectivity index (χ1n) is 5.88. The van der Waals surface area contributed by atoms with Crippen LogP contribution in [0.1, 0.15) is 44.6 Å². The average molecular weight is 205 g/mol. The van der Waals surface area contributed by atoms with Crippen molar-refractivity contribution in [2.45, 2.75) is 39.0 Å². The van der Waals surface area contributed by atoms with Crippen LogP contribution in [0.3, 0.4) is 0 Å². The molecule has 2 heterocycles. The van der Waals surface area contributed by atoms with E-state index in [2.05, 4.69) is 28.7 Å². The van der Waals surface area contributed by atoms with Crippen LogP contribution in [0.5, 0.6) is 0 Å². The second-order valence-electron chi connectivity index (χ2n) is 4.32. The molecule has 0 bridgehead atoms. The Morgan fingerprint density at radius 2 is 1.87 bits per heavy atom. The number of hydrogen-bond acceptors (Lipinski definition) is 3. The molecule has 1 unspecified atom stereocenters. The lowest BCUT2D eigenvalue weighted by Crippen LogP contribution is -2.20. The first-order valence-corrected chi connectivity index (χ1v) is 5.88. The van der Waals surface area contributed by atoms with Crippen LogP contribution in [0.15, 0.2) is 12.4 Å². The van der Waals surface area contributed by atoms with Gasteiger partial charge in [-0.25, -0.2) is 9.97 Å². The summed E-state index contributed by atoms with van der Waals surface area (Å²) >= 11 is 0. The van der Waals surface area contributed by atoms with Gasteiger partial charge in [-0.05, 0) is 30.7 Å². The van der Waals surface area contributed by atoms with E-state index in [-0.39, 0.29) is 0 Å². The summed E-state index contributed by atoms with van der Waals surface area (Å²) in [6, 6.07) is 0. The molecule has 3 heteroatoms. The summed E-state index contributed by atoms with van der Waals surface area (Å²) in [4.78, 5) is 11.2. The summed E-state index contributed by atoms with van der Waals surface area (Å²) in [5.41, 5.74) is 1.25. The van der Waals surface area contributed by atoms with Crippen LogP contribution in [0.4, 0.5) is 5.95 Å². The summed E-state index contributed by atoms with van der Waals surface area (Å²) < 4.78 is 0. The maximum atomic E-state index is 4.44. The topological polar surface area (TPSA) is 29.0 Å². The SMILES string of the molecule is CCC(C)c1cnc(N2CCCC2)nc1. The highest BCUT2D eigenvalue weighted by Gasteiger charge is 2.14. The van der Waals surface area contributed by atoms with Gasteiger partial charge in [0.25, 0.3) is 0 Å². The highest BCUT2D eigenvalue weighted by atomic mass is 15.3. The molecule has 1 aromatic rings. The lowest BCUT2D eigenvalue weighted by atomic mass is 10.0. The zero-order valence-electron chi connectivity index (χ0n) is 9.61. The fraction of sp³-hybridized carbons (Fsp3) is 0.667. The molecule has 1 atom stereocenters. The summed E-state index contributed by atoms with van der Waals surface area (Å²) in [6.45, 7) is 6.64. The van der Waals surface area contributed by atoms with Crippen molar-refractivity contribution < 1.29 is 0 Å². The predicted octanol–water partition coefficient (Wildman–Crippen LogP) is 2.59. The molecule has 1 aromatic heterocycles. The van der Waals surface area contributed by atoms with Crippen molar-refractivity contribution in [2.24, 2.45) is 0 Å². The first kappa shape index (κ1) is 10.4. The van der Waals surface area contributed by atoms with Gasteiger partial charge in [-0.15, -0.1) is 0 Å². The standard InChI is InChI=1S/C12H19N3/c1-3-10(2)11-8-13-12(14-9-11)15-6-4-5-7-15/h8-10H,3-7H2,1-2H3. The van der Waals surface area contributed by atoms with Crippen molar-refractivity contribution >= 4 is 5.95 Å². The first-order chi connectivity index (χ1) is 7.31. The Bertz CT molecular complexity index is 301. The number of anilines is 1. The number of rotatable bonds is 3. The number of hydrogen-bond donors (Lipinski definition) is 0. The zero-order valence-corrected chi connectivity index (χ0v) is 9.61. The fourth-order valence-electron chi connectivity index (χ4n) is 1.90. The highest BCUT2D eigenvalue weighted by molar-refractivity contribution is 5.31. The molecule has 2 rings (SSSR count). The Hall–Kier alpha value is -1.12. The molecule has 0 amide bonds. The van der Waals surface area contributed by atoms with Gasteiger partial charge in [0.1, 0.15) is 0 Å². The van der Waals surface area contributed by atoms with Crippen LogP contribution >= 0.6 is 0 Å². The molecule has 15 heavy (non-hydrogen) atoms. The molecule has 3 nitrogen and oxygen atoms in total. The van der Waals surface area contributed by atoms with E-state index >= 15 is 0 Å². The van der Waals surface area contributed by atoms with E-state index in [1.165, 1.54) is 18.4 Å². The molecule has 1 aliphatic rings. The van der Waals surface area contributed by atoms with Crippen molar-refractivity contribution in [1.82, 2.24) is 9.97 Å². The summed E-state index contributed by atoms with van der Waals surface area (Å²) in [7, 11) is 0. The fourth-order valence-corrected chi connectivity index (χ4v) is 1.90. The van der Waals surface area contributed by atoms with Gasteiger partial charge in [-0.3, -0.25) is 0 Å². The van der Waals surface area contributed by atoms with E-state index in [0.717, 1.165) is 25.5 Å². The zero-order chi connectivity index (χ0) is 10.7. The second kappa shape index (κ2) is 4.60. The third kappa shape index (κ3) is 2.28. The van der Waals surface area contributed by atoms with E-state index in [9.17, 15) is 0 Å². The highest BCUT2D eigenvalue weighted by Crippen LogP contribution is 2.19. The molecule has 1 saturated heterocycles. The van der Waals surface area contributed by atoms with Gasteiger partial charge in [0, 0.05) is 25.5 Å². The van der Waals surface area contributed by atoms with E-state index in [1.807, 2.05) is 12.4 Å². The molecular formula is C12H19N3. The van der Waals surface area contributed by atoms with Gasteiger partial charge in [0.2, 0.25) is 5.95 Å². The van der Waals surface area contributed by atoms with E-state index in [0.29, 0.717) is 5.92 Å². The second-order valence-corrected chi connectivity index (χ2v) is 4.32. The molecular weight excluding hydrogens is 186 g/mol. The van der Waals surface area contributed by atoms with Crippen LogP contribution in [0.2, 0.25) is 0 Å². The van der Waals surface area contributed by atoms with Crippen molar-refractivity contribution in [2.75, 3.05) is 18.0 Å². The normalized spacial score (nSPS) is 18.1. The van der Waals surface area contributed by atoms with Gasteiger partial charge < -0.3 is 4.90 Å². The quantitative estimate of drug-likeness (QED) is 0.759. The van der Waals surface area contributed by atoms with Crippen molar-refractivity contribution in [3.63, 3.8) is 0 Å². The van der Waals surface area contributed by atoms with Gasteiger partial charge in [-0.1, -0.05) is 13.8 Å². The van der Waals surface area contributed by atoms with Gasteiger partial charge in [0.15, 0.2) is 0 Å². The third-order valence-electron chi connectivity index (χ3n) is 3.23. The maximum absolute atomic E-state index is 4.44. The average Bonchev–Trinajstić information content (AvgIpc) is 2.82. The molecule has 1 fully saturated rings. The van der Waals surface area contributed by atoms with Crippen molar-refractivity contribution in [3.8, 4) is 0 Å². The Labute approximate surface area is 91.5 Å². The predicted molar refractivity (Wildman–Crippen MR) is 62.2 cm³/mol. The van der Waals surface area contributed by atoms with Crippen LogP contribution in [-0.2, 0) is 0 Å². The number of nitrogens with zero attached hydrogens (tertiary/aromatic N) is 3. The van der Waals surface area contributed by atoms with Gasteiger partial charge >= 0.3 is 0 Å². The minimum absolute atomic E-state index is 0.567. The Morgan fingerprint density at radius 3 is 2.40 bits per heavy atom. The summed E-state index contributed by atoms with van der Waals surface area (Å²) in [6.07, 6.45) is 7.66. The van der Waals surface area contributed by atoms with Crippen LogP contribution in [0, 0.1) is 0 Å². The van der Waals surface area contributed by atoms with Crippen molar-refractivity contribution in [1.29, 1.82) is 0 Å². The molecule has 1 aliphatic heterocycles. The molecule has 0 saturated carbocycles. The lowest BCUT2D eigenvalue weighted by Gasteiger charge is -2.15.